The first-order valence-corrected chi connectivity index (χ1v) is 8.78. The van der Waals surface area contributed by atoms with Crippen LogP contribution in [-0.2, 0) is 4.74 Å². The number of nitrogens with zero attached hydrogens (tertiary/aromatic N) is 1. The average molecular weight is 355 g/mol. The summed E-state index contributed by atoms with van der Waals surface area (Å²) in [7, 11) is 0. The van der Waals surface area contributed by atoms with Crippen molar-refractivity contribution in [3.05, 3.63) is 53.7 Å². The van der Waals surface area contributed by atoms with Crippen molar-refractivity contribution in [3.8, 4) is 0 Å². The summed E-state index contributed by atoms with van der Waals surface area (Å²) in [6, 6.07) is 10.4. The standard InChI is InChI=1S/C20H25N3O3/c1-4-26-20(25)15-5-8-17(9-6-15)23-18-10-7-16(13-22-18)19(24)21-12-11-14(2)3/h5-10,13-14H,4,11-12H2,1-3H3,(H,21,24)(H,22,23). The number of hydrogen-bond donors (Lipinski definition) is 2. The minimum atomic E-state index is -0.343. The number of ether oxygens (including phenoxy) is 1. The molecule has 26 heavy (non-hydrogen) atoms. The van der Waals surface area contributed by atoms with Crippen molar-refractivity contribution < 1.29 is 14.3 Å². The van der Waals surface area contributed by atoms with Crippen molar-refractivity contribution in [2.75, 3.05) is 18.5 Å². The van der Waals surface area contributed by atoms with E-state index in [0.717, 1.165) is 12.1 Å². The Morgan fingerprint density at radius 1 is 1.08 bits per heavy atom. The van der Waals surface area contributed by atoms with Crippen LogP contribution < -0.4 is 10.6 Å². The summed E-state index contributed by atoms with van der Waals surface area (Å²) in [5.41, 5.74) is 1.82. The number of anilines is 2. The van der Waals surface area contributed by atoms with Gasteiger partial charge in [-0.1, -0.05) is 13.8 Å². The molecule has 0 fully saturated rings. The molecule has 0 saturated carbocycles. The first-order chi connectivity index (χ1) is 12.5. The highest BCUT2D eigenvalue weighted by molar-refractivity contribution is 5.94. The van der Waals surface area contributed by atoms with Gasteiger partial charge in [-0.3, -0.25) is 4.79 Å². The molecule has 6 nitrogen and oxygen atoms in total. The molecule has 6 heteroatoms. The molecule has 2 N–H and O–H groups in total. The van der Waals surface area contributed by atoms with E-state index in [1.807, 2.05) is 0 Å². The number of hydrogen-bond acceptors (Lipinski definition) is 5. The van der Waals surface area contributed by atoms with Crippen molar-refractivity contribution in [2.24, 2.45) is 5.92 Å². The van der Waals surface area contributed by atoms with E-state index in [0.29, 0.717) is 36.0 Å². The number of nitrogens with one attached hydrogen (secondary N) is 2. The Balaban J connectivity index is 1.92. The van der Waals surface area contributed by atoms with E-state index in [4.69, 9.17) is 4.74 Å². The molecule has 0 aliphatic rings. The SMILES string of the molecule is CCOC(=O)c1ccc(Nc2ccc(C(=O)NCCC(C)C)cn2)cc1. The van der Waals surface area contributed by atoms with Gasteiger partial charge in [0, 0.05) is 18.4 Å². The molecule has 1 amide bonds. The van der Waals surface area contributed by atoms with E-state index in [1.165, 1.54) is 0 Å². The summed E-state index contributed by atoms with van der Waals surface area (Å²) in [5.74, 6) is 0.705. The maximum absolute atomic E-state index is 12.0. The predicted octanol–water partition coefficient (Wildman–Crippen LogP) is 3.78. The number of carbonyl (C=O) groups excluding carboxylic acids is 2. The molecule has 138 valence electrons. The summed E-state index contributed by atoms with van der Waals surface area (Å²) in [6.45, 7) is 7.01. The third-order valence-electron chi connectivity index (χ3n) is 3.70. The second-order valence-electron chi connectivity index (χ2n) is 6.29. The molecule has 0 saturated heterocycles. The third-order valence-corrected chi connectivity index (χ3v) is 3.70. The number of pyridine rings is 1. The van der Waals surface area contributed by atoms with E-state index in [9.17, 15) is 9.59 Å². The van der Waals surface area contributed by atoms with E-state index in [2.05, 4.69) is 29.5 Å². The van der Waals surface area contributed by atoms with Crippen LogP contribution in [0.5, 0.6) is 0 Å². The molecule has 0 unspecified atom stereocenters. The van der Waals surface area contributed by atoms with Crippen LogP contribution in [-0.4, -0.2) is 30.0 Å². The first kappa shape index (κ1) is 19.4. The van der Waals surface area contributed by atoms with Crippen molar-refractivity contribution in [3.63, 3.8) is 0 Å². The van der Waals surface area contributed by atoms with Crippen LogP contribution >= 0.6 is 0 Å². The van der Waals surface area contributed by atoms with Gasteiger partial charge in [0.05, 0.1) is 17.7 Å². The molecular formula is C20H25N3O3. The highest BCUT2D eigenvalue weighted by Crippen LogP contribution is 2.16. The minimum Gasteiger partial charge on any atom is -0.462 e. The Labute approximate surface area is 154 Å². The highest BCUT2D eigenvalue weighted by Gasteiger charge is 2.08. The van der Waals surface area contributed by atoms with Gasteiger partial charge in [0.15, 0.2) is 0 Å². The molecule has 1 aromatic heterocycles. The van der Waals surface area contributed by atoms with E-state index in [-0.39, 0.29) is 11.9 Å². The predicted molar refractivity (Wildman–Crippen MR) is 102 cm³/mol. The van der Waals surface area contributed by atoms with E-state index in [1.54, 1.807) is 49.5 Å². The quantitative estimate of drug-likeness (QED) is 0.705. The fourth-order valence-electron chi connectivity index (χ4n) is 2.23. The normalized spacial score (nSPS) is 10.5. The molecule has 0 radical (unpaired) electrons. The lowest BCUT2D eigenvalue weighted by Crippen LogP contribution is -2.25. The van der Waals surface area contributed by atoms with Crippen molar-refractivity contribution in [1.29, 1.82) is 0 Å². The number of carbonyl (C=O) groups is 2. The summed E-state index contributed by atoms with van der Waals surface area (Å²) in [4.78, 5) is 27.9. The Hall–Kier alpha value is -2.89. The Bertz CT molecular complexity index is 725. The molecule has 1 aromatic carbocycles. The topological polar surface area (TPSA) is 80.3 Å². The first-order valence-electron chi connectivity index (χ1n) is 8.78. The summed E-state index contributed by atoms with van der Waals surface area (Å²) in [5, 5.41) is 6.01. The Morgan fingerprint density at radius 2 is 1.77 bits per heavy atom. The molecule has 0 aliphatic heterocycles. The van der Waals surface area contributed by atoms with Gasteiger partial charge in [-0.05, 0) is 55.7 Å². The van der Waals surface area contributed by atoms with Gasteiger partial charge in [0.2, 0.25) is 0 Å². The van der Waals surface area contributed by atoms with E-state index >= 15 is 0 Å². The monoisotopic (exact) mass is 355 g/mol. The minimum absolute atomic E-state index is 0.122. The summed E-state index contributed by atoms with van der Waals surface area (Å²) in [6.07, 6.45) is 2.49. The van der Waals surface area contributed by atoms with Crippen molar-refractivity contribution in [1.82, 2.24) is 10.3 Å². The van der Waals surface area contributed by atoms with Crippen LogP contribution in [0.25, 0.3) is 0 Å². The summed E-state index contributed by atoms with van der Waals surface area (Å²) >= 11 is 0. The summed E-state index contributed by atoms with van der Waals surface area (Å²) < 4.78 is 4.95. The van der Waals surface area contributed by atoms with Gasteiger partial charge in [-0.25, -0.2) is 9.78 Å². The van der Waals surface area contributed by atoms with Crippen LogP contribution in [0.2, 0.25) is 0 Å². The van der Waals surface area contributed by atoms with Gasteiger partial charge in [0.1, 0.15) is 5.82 Å². The molecule has 0 spiro atoms. The number of rotatable bonds is 8. The molecule has 0 aliphatic carbocycles. The van der Waals surface area contributed by atoms with Gasteiger partial charge >= 0.3 is 5.97 Å². The Kier molecular flexibility index (Phi) is 7.14. The van der Waals surface area contributed by atoms with E-state index < -0.39 is 0 Å². The lowest BCUT2D eigenvalue weighted by Gasteiger charge is -2.09. The smallest absolute Gasteiger partial charge is 0.338 e. The zero-order valence-corrected chi connectivity index (χ0v) is 15.4. The molecule has 2 aromatic rings. The lowest BCUT2D eigenvalue weighted by atomic mass is 10.1. The number of amides is 1. The van der Waals surface area contributed by atoms with Crippen LogP contribution in [0.15, 0.2) is 42.6 Å². The van der Waals surface area contributed by atoms with Crippen molar-refractivity contribution >= 4 is 23.4 Å². The number of aromatic nitrogens is 1. The van der Waals surface area contributed by atoms with Gasteiger partial charge < -0.3 is 15.4 Å². The maximum Gasteiger partial charge on any atom is 0.338 e. The van der Waals surface area contributed by atoms with Crippen LogP contribution in [0.1, 0.15) is 47.9 Å². The fraction of sp³-hybridized carbons (Fsp3) is 0.350. The highest BCUT2D eigenvalue weighted by atomic mass is 16.5. The number of esters is 1. The zero-order valence-electron chi connectivity index (χ0n) is 15.4. The van der Waals surface area contributed by atoms with Gasteiger partial charge in [-0.15, -0.1) is 0 Å². The molecule has 0 bridgehead atoms. The maximum atomic E-state index is 12.0. The molecule has 1 heterocycles. The molecular weight excluding hydrogens is 330 g/mol. The third kappa shape index (κ3) is 5.88. The second kappa shape index (κ2) is 9.56. The second-order valence-corrected chi connectivity index (χ2v) is 6.29. The largest absolute Gasteiger partial charge is 0.462 e. The van der Waals surface area contributed by atoms with Crippen LogP contribution in [0.4, 0.5) is 11.5 Å². The zero-order chi connectivity index (χ0) is 18.9. The van der Waals surface area contributed by atoms with Crippen LogP contribution in [0, 0.1) is 5.92 Å². The molecule has 0 atom stereocenters. The van der Waals surface area contributed by atoms with Gasteiger partial charge in [0.25, 0.3) is 5.91 Å². The average Bonchev–Trinajstić information content (AvgIpc) is 2.63. The van der Waals surface area contributed by atoms with Crippen molar-refractivity contribution in [2.45, 2.75) is 27.2 Å². The fourth-order valence-corrected chi connectivity index (χ4v) is 2.23. The molecule has 2 rings (SSSR count). The lowest BCUT2D eigenvalue weighted by molar-refractivity contribution is 0.0526. The number of benzene rings is 1. The van der Waals surface area contributed by atoms with Crippen LogP contribution in [0.3, 0.4) is 0 Å². The Morgan fingerprint density at radius 3 is 2.35 bits per heavy atom. The van der Waals surface area contributed by atoms with Gasteiger partial charge in [-0.2, -0.15) is 0 Å².